The van der Waals surface area contributed by atoms with Gasteiger partial charge in [-0.05, 0) is 42.3 Å². The molecule has 0 heterocycles. The maximum Gasteiger partial charge on any atom is 0.340 e. The maximum absolute atomic E-state index is 13.0. The Morgan fingerprint density at radius 1 is 1.14 bits per heavy atom. The van der Waals surface area contributed by atoms with Gasteiger partial charge in [0.15, 0.2) is 0 Å². The SMILES string of the molecule is COCCc1ccc(OS(=O)(=O)c2ccc(F)cc2Cl)cc1. The number of rotatable bonds is 6. The van der Waals surface area contributed by atoms with Gasteiger partial charge in [-0.1, -0.05) is 23.7 Å². The summed E-state index contributed by atoms with van der Waals surface area (Å²) < 4.78 is 47.2. The predicted molar refractivity (Wildman–Crippen MR) is 81.2 cm³/mol. The lowest BCUT2D eigenvalue weighted by molar-refractivity contribution is 0.202. The first-order valence-corrected chi connectivity index (χ1v) is 8.18. The van der Waals surface area contributed by atoms with Crippen molar-refractivity contribution in [3.63, 3.8) is 0 Å². The Labute approximate surface area is 133 Å². The minimum Gasteiger partial charge on any atom is -0.384 e. The molecule has 0 aromatic heterocycles. The van der Waals surface area contributed by atoms with E-state index in [1.165, 1.54) is 0 Å². The second-order valence-electron chi connectivity index (χ2n) is 4.50. The van der Waals surface area contributed by atoms with Crippen LogP contribution in [0.2, 0.25) is 5.02 Å². The molecule has 0 atom stereocenters. The van der Waals surface area contributed by atoms with Crippen molar-refractivity contribution in [2.24, 2.45) is 0 Å². The fourth-order valence-electron chi connectivity index (χ4n) is 1.78. The first-order chi connectivity index (χ1) is 10.4. The molecule has 0 aliphatic rings. The quantitative estimate of drug-likeness (QED) is 0.753. The third-order valence-corrected chi connectivity index (χ3v) is 4.62. The zero-order valence-corrected chi connectivity index (χ0v) is 13.3. The van der Waals surface area contributed by atoms with Crippen LogP contribution in [0.25, 0.3) is 0 Å². The normalized spacial score (nSPS) is 11.4. The molecule has 0 bridgehead atoms. The van der Waals surface area contributed by atoms with E-state index in [9.17, 15) is 12.8 Å². The van der Waals surface area contributed by atoms with Gasteiger partial charge >= 0.3 is 10.1 Å². The first-order valence-electron chi connectivity index (χ1n) is 6.40. The van der Waals surface area contributed by atoms with Gasteiger partial charge in [-0.3, -0.25) is 0 Å². The highest BCUT2D eigenvalue weighted by Crippen LogP contribution is 2.26. The Morgan fingerprint density at radius 3 is 2.41 bits per heavy atom. The van der Waals surface area contributed by atoms with Gasteiger partial charge in [0.1, 0.15) is 16.5 Å². The van der Waals surface area contributed by atoms with Crippen molar-refractivity contribution >= 4 is 21.7 Å². The van der Waals surface area contributed by atoms with Crippen LogP contribution in [-0.2, 0) is 21.3 Å². The second-order valence-corrected chi connectivity index (χ2v) is 6.42. The van der Waals surface area contributed by atoms with Crippen molar-refractivity contribution in [2.75, 3.05) is 13.7 Å². The Morgan fingerprint density at radius 2 is 1.82 bits per heavy atom. The summed E-state index contributed by atoms with van der Waals surface area (Å²) in [6.07, 6.45) is 0.716. The van der Waals surface area contributed by atoms with Gasteiger partial charge in [0.2, 0.25) is 0 Å². The molecule has 0 saturated heterocycles. The van der Waals surface area contributed by atoms with Gasteiger partial charge in [0.05, 0.1) is 11.6 Å². The monoisotopic (exact) mass is 344 g/mol. The molecule has 0 fully saturated rings. The van der Waals surface area contributed by atoms with Crippen molar-refractivity contribution in [3.8, 4) is 5.75 Å². The van der Waals surface area contributed by atoms with Crippen LogP contribution in [-0.4, -0.2) is 22.1 Å². The van der Waals surface area contributed by atoms with Crippen molar-refractivity contribution in [1.29, 1.82) is 0 Å². The Bertz CT molecular complexity index is 745. The Balaban J connectivity index is 2.18. The van der Waals surface area contributed by atoms with Gasteiger partial charge in [0, 0.05) is 7.11 Å². The second kappa shape index (κ2) is 7.09. The number of hydrogen-bond acceptors (Lipinski definition) is 4. The standard InChI is InChI=1S/C15H14ClFO4S/c1-20-9-8-11-2-5-13(6-3-11)21-22(18,19)15-7-4-12(17)10-14(15)16/h2-7,10H,8-9H2,1H3. The van der Waals surface area contributed by atoms with Crippen molar-refractivity contribution in [1.82, 2.24) is 0 Å². The lowest BCUT2D eigenvalue weighted by Gasteiger charge is -2.09. The molecule has 22 heavy (non-hydrogen) atoms. The van der Waals surface area contributed by atoms with Gasteiger partial charge in [-0.2, -0.15) is 8.42 Å². The van der Waals surface area contributed by atoms with E-state index < -0.39 is 15.9 Å². The minimum atomic E-state index is -4.11. The summed E-state index contributed by atoms with van der Waals surface area (Å²) in [5.41, 5.74) is 0.992. The number of hydrogen-bond donors (Lipinski definition) is 0. The smallest absolute Gasteiger partial charge is 0.340 e. The molecule has 118 valence electrons. The van der Waals surface area contributed by atoms with Crippen LogP contribution in [0.15, 0.2) is 47.4 Å². The number of halogens is 2. The summed E-state index contributed by atoms with van der Waals surface area (Å²) >= 11 is 5.75. The number of benzene rings is 2. The Hall–Kier alpha value is -1.63. The minimum absolute atomic E-state index is 0.154. The van der Waals surface area contributed by atoms with Crippen LogP contribution in [0.5, 0.6) is 5.75 Å². The Kier molecular flexibility index (Phi) is 5.39. The molecule has 0 amide bonds. The third-order valence-electron chi connectivity index (χ3n) is 2.89. The van der Waals surface area contributed by atoms with Crippen LogP contribution in [0.3, 0.4) is 0 Å². The summed E-state index contributed by atoms with van der Waals surface area (Å²) in [6.45, 7) is 0.573. The highest BCUT2D eigenvalue weighted by molar-refractivity contribution is 7.87. The van der Waals surface area contributed by atoms with E-state index in [0.29, 0.717) is 13.0 Å². The summed E-state index contributed by atoms with van der Waals surface area (Å²) in [5.74, 6) is -0.465. The van der Waals surface area contributed by atoms with Crippen molar-refractivity contribution in [3.05, 3.63) is 58.9 Å². The molecule has 0 saturated carbocycles. The van der Waals surface area contributed by atoms with E-state index in [1.807, 2.05) is 0 Å². The van der Waals surface area contributed by atoms with E-state index in [4.69, 9.17) is 20.5 Å². The maximum atomic E-state index is 13.0. The summed E-state index contributed by atoms with van der Waals surface area (Å²) in [7, 11) is -2.51. The zero-order valence-electron chi connectivity index (χ0n) is 11.8. The van der Waals surface area contributed by atoms with Crippen LogP contribution >= 0.6 is 11.6 Å². The lowest BCUT2D eigenvalue weighted by atomic mass is 10.1. The lowest BCUT2D eigenvalue weighted by Crippen LogP contribution is -2.10. The van der Waals surface area contributed by atoms with E-state index in [2.05, 4.69) is 0 Å². The van der Waals surface area contributed by atoms with Crippen LogP contribution in [0.1, 0.15) is 5.56 Å². The number of ether oxygens (including phenoxy) is 1. The molecule has 2 rings (SSSR count). The average Bonchev–Trinajstić information content (AvgIpc) is 2.45. The van der Waals surface area contributed by atoms with Gasteiger partial charge in [-0.15, -0.1) is 0 Å². The molecule has 4 nitrogen and oxygen atoms in total. The van der Waals surface area contributed by atoms with Crippen LogP contribution < -0.4 is 4.18 Å². The molecule has 2 aromatic carbocycles. The van der Waals surface area contributed by atoms with E-state index >= 15 is 0 Å². The summed E-state index contributed by atoms with van der Waals surface area (Å²) in [6, 6.07) is 9.58. The predicted octanol–water partition coefficient (Wildman–Crippen LogP) is 3.44. The molecule has 0 unspecified atom stereocenters. The average molecular weight is 345 g/mol. The van der Waals surface area contributed by atoms with E-state index in [0.717, 1.165) is 23.8 Å². The van der Waals surface area contributed by atoms with Gasteiger partial charge < -0.3 is 8.92 Å². The molecule has 7 heteroatoms. The fourth-order valence-corrected chi connectivity index (χ4v) is 3.22. The first kappa shape index (κ1) is 16.7. The number of methoxy groups -OCH3 is 1. The van der Waals surface area contributed by atoms with Crippen molar-refractivity contribution < 1.29 is 21.7 Å². The van der Waals surface area contributed by atoms with E-state index in [1.54, 1.807) is 31.4 Å². The zero-order chi connectivity index (χ0) is 16.2. The highest BCUT2D eigenvalue weighted by Gasteiger charge is 2.20. The molecule has 0 N–H and O–H groups in total. The van der Waals surface area contributed by atoms with Crippen LogP contribution in [0.4, 0.5) is 4.39 Å². The molecule has 0 spiro atoms. The highest BCUT2D eigenvalue weighted by atomic mass is 35.5. The molecule has 0 radical (unpaired) electrons. The fraction of sp³-hybridized carbons (Fsp3) is 0.200. The summed E-state index contributed by atoms with van der Waals surface area (Å²) in [5, 5.41) is -0.225. The molecule has 2 aromatic rings. The van der Waals surface area contributed by atoms with Crippen LogP contribution in [0, 0.1) is 5.82 Å². The van der Waals surface area contributed by atoms with Gasteiger partial charge in [-0.25, -0.2) is 4.39 Å². The van der Waals surface area contributed by atoms with E-state index in [-0.39, 0.29) is 15.7 Å². The topological polar surface area (TPSA) is 52.6 Å². The molecular formula is C15H14ClFO4S. The molecule has 0 aliphatic carbocycles. The summed E-state index contributed by atoms with van der Waals surface area (Å²) in [4.78, 5) is -0.279. The largest absolute Gasteiger partial charge is 0.384 e. The molecular weight excluding hydrogens is 331 g/mol. The molecule has 0 aliphatic heterocycles. The third kappa shape index (κ3) is 4.19. The van der Waals surface area contributed by atoms with Gasteiger partial charge in [0.25, 0.3) is 0 Å². The van der Waals surface area contributed by atoms with Crippen molar-refractivity contribution in [2.45, 2.75) is 11.3 Å².